The van der Waals surface area contributed by atoms with Crippen molar-refractivity contribution in [2.75, 3.05) is 26.3 Å². The molecule has 0 spiro atoms. The second-order valence-corrected chi connectivity index (χ2v) is 4.92. The van der Waals surface area contributed by atoms with Gasteiger partial charge in [0.05, 0.1) is 13.2 Å². The maximum atomic E-state index is 13.0. The minimum absolute atomic E-state index is 0.0131. The fourth-order valence-corrected chi connectivity index (χ4v) is 1.25. The van der Waals surface area contributed by atoms with Crippen molar-refractivity contribution in [1.29, 1.82) is 0 Å². The molecule has 0 aliphatic carbocycles. The SMILES string of the molecule is CCC(C)(C)NCCOCCC(F)(F)CCN. The summed E-state index contributed by atoms with van der Waals surface area (Å²) in [6.07, 6.45) is 0.500. The molecular weight excluding hydrogens is 226 g/mol. The highest BCUT2D eigenvalue weighted by atomic mass is 19.3. The molecule has 0 fully saturated rings. The van der Waals surface area contributed by atoms with Crippen molar-refractivity contribution < 1.29 is 13.5 Å². The molecule has 3 N–H and O–H groups in total. The minimum atomic E-state index is -2.69. The third-order valence-electron chi connectivity index (χ3n) is 2.86. The lowest BCUT2D eigenvalue weighted by Crippen LogP contribution is -2.40. The normalized spacial score (nSPS) is 13.1. The third-order valence-corrected chi connectivity index (χ3v) is 2.86. The summed E-state index contributed by atoms with van der Waals surface area (Å²) >= 11 is 0. The van der Waals surface area contributed by atoms with Gasteiger partial charge in [-0.2, -0.15) is 0 Å². The van der Waals surface area contributed by atoms with Crippen LogP contribution in [-0.4, -0.2) is 37.8 Å². The molecule has 5 heteroatoms. The molecule has 0 bridgehead atoms. The Morgan fingerprint density at radius 1 is 1.18 bits per heavy atom. The molecule has 0 atom stereocenters. The number of halogens is 2. The summed E-state index contributed by atoms with van der Waals surface area (Å²) in [6, 6.07) is 0. The number of nitrogens with one attached hydrogen (secondary N) is 1. The Bertz CT molecular complexity index is 199. The van der Waals surface area contributed by atoms with E-state index in [2.05, 4.69) is 26.1 Å². The maximum absolute atomic E-state index is 13.0. The van der Waals surface area contributed by atoms with Crippen molar-refractivity contribution in [3.8, 4) is 0 Å². The molecule has 0 aromatic rings. The van der Waals surface area contributed by atoms with Crippen LogP contribution in [0, 0.1) is 0 Å². The summed E-state index contributed by atoms with van der Waals surface area (Å²) in [6.45, 7) is 7.54. The van der Waals surface area contributed by atoms with Crippen LogP contribution in [-0.2, 0) is 4.74 Å². The zero-order chi connectivity index (χ0) is 13.4. The number of nitrogens with two attached hydrogens (primary N) is 1. The van der Waals surface area contributed by atoms with Gasteiger partial charge < -0.3 is 15.8 Å². The number of rotatable bonds is 10. The highest BCUT2D eigenvalue weighted by molar-refractivity contribution is 4.74. The zero-order valence-electron chi connectivity index (χ0n) is 11.2. The predicted octanol–water partition coefficient (Wildman–Crippen LogP) is 2.16. The average Bonchev–Trinajstić information content (AvgIpc) is 2.23. The third kappa shape index (κ3) is 9.44. The van der Waals surface area contributed by atoms with E-state index in [1.165, 1.54) is 0 Å². The Balaban J connectivity index is 3.47. The summed E-state index contributed by atoms with van der Waals surface area (Å²) in [5, 5.41) is 3.30. The number of hydrogen-bond acceptors (Lipinski definition) is 3. The van der Waals surface area contributed by atoms with Crippen LogP contribution in [0.4, 0.5) is 8.78 Å². The van der Waals surface area contributed by atoms with Gasteiger partial charge >= 0.3 is 0 Å². The standard InChI is InChI=1S/C12H26F2N2O/c1-4-11(2,3)16-8-10-17-9-6-12(13,14)5-7-15/h16H,4-10,15H2,1-3H3. The highest BCUT2D eigenvalue weighted by Gasteiger charge is 2.26. The van der Waals surface area contributed by atoms with Crippen LogP contribution in [0.2, 0.25) is 0 Å². The van der Waals surface area contributed by atoms with Crippen molar-refractivity contribution in [2.45, 2.75) is 51.5 Å². The van der Waals surface area contributed by atoms with Crippen molar-refractivity contribution >= 4 is 0 Å². The molecule has 17 heavy (non-hydrogen) atoms. The smallest absolute Gasteiger partial charge is 0.251 e. The highest BCUT2D eigenvalue weighted by Crippen LogP contribution is 2.21. The van der Waals surface area contributed by atoms with E-state index in [-0.39, 0.29) is 31.5 Å². The van der Waals surface area contributed by atoms with Gasteiger partial charge in [-0.15, -0.1) is 0 Å². The summed E-state index contributed by atoms with van der Waals surface area (Å²) in [5.41, 5.74) is 5.18. The van der Waals surface area contributed by atoms with Crippen molar-refractivity contribution in [3.05, 3.63) is 0 Å². The molecule has 0 aromatic carbocycles. The monoisotopic (exact) mass is 252 g/mol. The Hall–Kier alpha value is -0.260. The van der Waals surface area contributed by atoms with Gasteiger partial charge in [0.15, 0.2) is 0 Å². The summed E-state index contributed by atoms with van der Waals surface area (Å²) < 4.78 is 31.2. The van der Waals surface area contributed by atoms with Gasteiger partial charge in [0.1, 0.15) is 0 Å². The number of hydrogen-bond donors (Lipinski definition) is 2. The molecule has 0 saturated carbocycles. The molecule has 0 radical (unpaired) electrons. The lowest BCUT2D eigenvalue weighted by Gasteiger charge is -2.24. The molecule has 0 aliphatic heterocycles. The lowest BCUT2D eigenvalue weighted by molar-refractivity contribution is -0.0376. The molecule has 0 unspecified atom stereocenters. The number of ether oxygens (including phenoxy) is 1. The van der Waals surface area contributed by atoms with Crippen molar-refractivity contribution in [1.82, 2.24) is 5.32 Å². The van der Waals surface area contributed by atoms with Crippen LogP contribution in [0.25, 0.3) is 0 Å². The van der Waals surface area contributed by atoms with E-state index in [9.17, 15) is 8.78 Å². The van der Waals surface area contributed by atoms with E-state index < -0.39 is 5.92 Å². The van der Waals surface area contributed by atoms with E-state index >= 15 is 0 Å². The maximum Gasteiger partial charge on any atom is 0.251 e. The summed E-state index contributed by atoms with van der Waals surface area (Å²) in [4.78, 5) is 0. The van der Waals surface area contributed by atoms with Crippen LogP contribution in [0.5, 0.6) is 0 Å². The quantitative estimate of drug-likeness (QED) is 0.586. The summed E-state index contributed by atoms with van der Waals surface area (Å²) in [5.74, 6) is -2.69. The van der Waals surface area contributed by atoms with Crippen molar-refractivity contribution in [2.24, 2.45) is 5.73 Å². The van der Waals surface area contributed by atoms with Gasteiger partial charge in [-0.1, -0.05) is 6.92 Å². The zero-order valence-corrected chi connectivity index (χ0v) is 11.2. The fourth-order valence-electron chi connectivity index (χ4n) is 1.25. The van der Waals surface area contributed by atoms with Gasteiger partial charge in [0.2, 0.25) is 0 Å². The lowest BCUT2D eigenvalue weighted by atomic mass is 10.0. The van der Waals surface area contributed by atoms with Gasteiger partial charge in [0.25, 0.3) is 5.92 Å². The Morgan fingerprint density at radius 2 is 1.82 bits per heavy atom. The largest absolute Gasteiger partial charge is 0.380 e. The van der Waals surface area contributed by atoms with Crippen LogP contribution in [0.15, 0.2) is 0 Å². The van der Waals surface area contributed by atoms with Crippen LogP contribution < -0.4 is 11.1 Å². The van der Waals surface area contributed by atoms with Crippen molar-refractivity contribution in [3.63, 3.8) is 0 Å². The first-order chi connectivity index (χ1) is 7.83. The molecule has 0 heterocycles. The predicted molar refractivity (Wildman–Crippen MR) is 66.4 cm³/mol. The van der Waals surface area contributed by atoms with Gasteiger partial charge in [-0.25, -0.2) is 8.78 Å². The first-order valence-electron chi connectivity index (χ1n) is 6.23. The first-order valence-corrected chi connectivity index (χ1v) is 6.23. The second-order valence-electron chi connectivity index (χ2n) is 4.92. The summed E-state index contributed by atoms with van der Waals surface area (Å²) in [7, 11) is 0. The molecule has 104 valence electrons. The molecular formula is C12H26F2N2O. The molecule has 0 aliphatic rings. The number of alkyl halides is 2. The van der Waals surface area contributed by atoms with E-state index in [1.807, 2.05) is 0 Å². The molecule has 0 aromatic heterocycles. The van der Waals surface area contributed by atoms with E-state index in [4.69, 9.17) is 10.5 Å². The van der Waals surface area contributed by atoms with E-state index in [1.54, 1.807) is 0 Å². The fraction of sp³-hybridized carbons (Fsp3) is 1.00. The van der Waals surface area contributed by atoms with Gasteiger partial charge in [0, 0.05) is 24.9 Å². The van der Waals surface area contributed by atoms with E-state index in [0.29, 0.717) is 13.2 Å². The van der Waals surface area contributed by atoms with Crippen LogP contribution in [0.1, 0.15) is 40.0 Å². The average molecular weight is 252 g/mol. The van der Waals surface area contributed by atoms with Gasteiger partial charge in [-0.3, -0.25) is 0 Å². The molecule has 0 saturated heterocycles. The Kier molecular flexibility index (Phi) is 7.83. The van der Waals surface area contributed by atoms with Crippen LogP contribution in [0.3, 0.4) is 0 Å². The van der Waals surface area contributed by atoms with Crippen LogP contribution >= 0.6 is 0 Å². The Morgan fingerprint density at radius 3 is 2.35 bits per heavy atom. The first kappa shape index (κ1) is 16.7. The van der Waals surface area contributed by atoms with E-state index in [0.717, 1.165) is 6.42 Å². The topological polar surface area (TPSA) is 47.3 Å². The minimum Gasteiger partial charge on any atom is -0.380 e. The second kappa shape index (κ2) is 7.95. The molecule has 0 rings (SSSR count). The molecule has 0 amide bonds. The Labute approximate surface area is 103 Å². The van der Waals surface area contributed by atoms with Gasteiger partial charge in [-0.05, 0) is 26.8 Å². The molecule has 3 nitrogen and oxygen atoms in total.